The van der Waals surface area contributed by atoms with E-state index in [0.717, 1.165) is 6.34 Å². The maximum atomic E-state index is 11.0. The van der Waals surface area contributed by atoms with Gasteiger partial charge in [-0.25, -0.2) is 14.8 Å². The van der Waals surface area contributed by atoms with Crippen molar-refractivity contribution in [3.05, 3.63) is 0 Å². The van der Waals surface area contributed by atoms with Crippen LogP contribution in [-0.4, -0.2) is 29.0 Å². The summed E-state index contributed by atoms with van der Waals surface area (Å²) >= 11 is 0. The summed E-state index contributed by atoms with van der Waals surface area (Å²) in [5.74, 6) is -2.25. The van der Waals surface area contributed by atoms with Crippen molar-refractivity contribution in [3.63, 3.8) is 0 Å². The lowest BCUT2D eigenvalue weighted by atomic mass is 9.99. The monoisotopic (exact) mass is 168 g/mol. The van der Waals surface area contributed by atoms with Gasteiger partial charge in [0.05, 0.1) is 5.92 Å². The first-order chi connectivity index (χ1) is 5.66. The minimum absolute atomic E-state index is 0.113. The highest BCUT2D eigenvalue weighted by Gasteiger charge is 2.28. The summed E-state index contributed by atoms with van der Waals surface area (Å²) < 4.78 is 0. The molecular weight excluding hydrogens is 160 g/mol. The van der Waals surface area contributed by atoms with Crippen molar-refractivity contribution in [2.45, 2.75) is 13.3 Å². The number of nitrogens with zero attached hydrogens (tertiary/aromatic N) is 2. The minimum atomic E-state index is -1.15. The predicted octanol–water partition coefficient (Wildman–Crippen LogP) is 0.107. The second kappa shape index (κ2) is 3.25. The molecular formula is C7H8N2O3. The largest absolute Gasteiger partial charge is 0.477 e. The molecule has 64 valence electrons. The number of carbonyl (C=O) groups is 2. The summed E-state index contributed by atoms with van der Waals surface area (Å²) in [7, 11) is 0. The van der Waals surface area contributed by atoms with Crippen LogP contribution in [0.5, 0.6) is 0 Å². The fourth-order valence-electron chi connectivity index (χ4n) is 1.02. The van der Waals surface area contributed by atoms with Crippen LogP contribution in [0, 0.1) is 5.92 Å². The molecule has 1 rings (SSSR count). The van der Waals surface area contributed by atoms with Crippen LogP contribution < -0.4 is 0 Å². The highest BCUT2D eigenvalue weighted by molar-refractivity contribution is 6.42. The molecule has 0 bridgehead atoms. The van der Waals surface area contributed by atoms with Gasteiger partial charge in [0.2, 0.25) is 0 Å². The Morgan fingerprint density at radius 1 is 1.75 bits per heavy atom. The van der Waals surface area contributed by atoms with E-state index in [0.29, 0.717) is 6.42 Å². The van der Waals surface area contributed by atoms with Crippen molar-refractivity contribution in [1.82, 2.24) is 0 Å². The molecule has 0 aromatic rings. The molecule has 1 unspecified atom stereocenters. The number of aliphatic imine (C=N–C) groups is 2. The van der Waals surface area contributed by atoms with Gasteiger partial charge in [-0.3, -0.25) is 4.79 Å². The summed E-state index contributed by atoms with van der Waals surface area (Å²) in [6.07, 6.45) is 1.40. The Labute approximate surface area is 68.8 Å². The van der Waals surface area contributed by atoms with Gasteiger partial charge in [0, 0.05) is 0 Å². The average Bonchev–Trinajstić information content (AvgIpc) is 2.03. The first-order valence-corrected chi connectivity index (χ1v) is 3.54. The molecule has 0 saturated heterocycles. The number of aliphatic carboxylic acids is 1. The van der Waals surface area contributed by atoms with Gasteiger partial charge in [-0.05, 0) is 6.42 Å². The van der Waals surface area contributed by atoms with Crippen molar-refractivity contribution < 1.29 is 14.7 Å². The Hall–Kier alpha value is -1.52. The molecule has 1 heterocycles. The normalized spacial score (nSPS) is 22.2. The van der Waals surface area contributed by atoms with Crippen LogP contribution in [-0.2, 0) is 9.59 Å². The molecule has 0 aromatic heterocycles. The molecule has 5 nitrogen and oxygen atoms in total. The zero-order chi connectivity index (χ0) is 9.14. The molecule has 0 saturated carbocycles. The second-order valence-corrected chi connectivity index (χ2v) is 2.36. The lowest BCUT2D eigenvalue weighted by molar-refractivity contribution is -0.131. The molecule has 1 aliphatic rings. The van der Waals surface area contributed by atoms with E-state index in [1.807, 2.05) is 0 Å². The first kappa shape index (κ1) is 8.58. The highest BCUT2D eigenvalue weighted by atomic mass is 16.4. The van der Waals surface area contributed by atoms with E-state index in [9.17, 15) is 9.59 Å². The number of hydrogen-bond donors (Lipinski definition) is 1. The molecule has 0 radical (unpaired) electrons. The average molecular weight is 168 g/mol. The fourth-order valence-corrected chi connectivity index (χ4v) is 1.02. The Morgan fingerprint density at radius 3 is 2.83 bits per heavy atom. The van der Waals surface area contributed by atoms with E-state index < -0.39 is 17.8 Å². The standard InChI is InChI=1S/C7H8N2O3/c1-2-4-5(7(11)12)8-3-9-6(4)10/h3-4H,2H2,1H3,(H,11,12). The molecule has 0 aromatic carbocycles. The van der Waals surface area contributed by atoms with Gasteiger partial charge in [0.15, 0.2) is 0 Å². The molecule has 0 fully saturated rings. The number of carbonyl (C=O) groups excluding carboxylic acids is 1. The quantitative estimate of drug-likeness (QED) is 0.635. The van der Waals surface area contributed by atoms with Crippen LogP contribution >= 0.6 is 0 Å². The number of carboxylic acid groups (broad SMARTS) is 1. The lowest BCUT2D eigenvalue weighted by Crippen LogP contribution is -2.31. The Balaban J connectivity index is 2.96. The lowest BCUT2D eigenvalue weighted by Gasteiger charge is -2.11. The van der Waals surface area contributed by atoms with Crippen molar-refractivity contribution >= 4 is 23.9 Å². The van der Waals surface area contributed by atoms with Crippen LogP contribution in [0.25, 0.3) is 0 Å². The molecule has 1 amide bonds. The summed E-state index contributed by atoms with van der Waals surface area (Å²) in [6.45, 7) is 1.72. The van der Waals surface area contributed by atoms with Crippen molar-refractivity contribution in [2.24, 2.45) is 15.9 Å². The Kier molecular flexibility index (Phi) is 2.32. The number of rotatable bonds is 2. The number of carboxylic acids is 1. The fraction of sp³-hybridized carbons (Fsp3) is 0.429. The zero-order valence-corrected chi connectivity index (χ0v) is 6.52. The van der Waals surface area contributed by atoms with Gasteiger partial charge >= 0.3 is 5.97 Å². The summed E-state index contributed by atoms with van der Waals surface area (Å²) in [5.41, 5.74) is -0.113. The molecule has 1 aliphatic heterocycles. The van der Waals surface area contributed by atoms with Crippen LogP contribution in [0.2, 0.25) is 0 Å². The van der Waals surface area contributed by atoms with Gasteiger partial charge in [0.25, 0.3) is 5.91 Å². The van der Waals surface area contributed by atoms with E-state index in [1.54, 1.807) is 6.92 Å². The SMILES string of the molecule is CCC1C(=O)N=CN=C1C(=O)O. The van der Waals surface area contributed by atoms with Gasteiger partial charge in [-0.15, -0.1) is 0 Å². The molecule has 5 heteroatoms. The molecule has 1 atom stereocenters. The Morgan fingerprint density at radius 2 is 2.42 bits per heavy atom. The van der Waals surface area contributed by atoms with Gasteiger partial charge < -0.3 is 5.11 Å². The smallest absolute Gasteiger partial charge is 0.351 e. The maximum Gasteiger partial charge on any atom is 0.351 e. The van der Waals surface area contributed by atoms with Crippen molar-refractivity contribution in [3.8, 4) is 0 Å². The maximum absolute atomic E-state index is 11.0. The third-order valence-corrected chi connectivity index (χ3v) is 1.64. The third-order valence-electron chi connectivity index (χ3n) is 1.64. The Bertz CT molecular complexity index is 280. The highest BCUT2D eigenvalue weighted by Crippen LogP contribution is 2.11. The summed E-state index contributed by atoms with van der Waals surface area (Å²) in [5, 5.41) is 8.61. The van der Waals surface area contributed by atoms with E-state index >= 15 is 0 Å². The number of hydrogen-bond acceptors (Lipinski definition) is 3. The molecule has 12 heavy (non-hydrogen) atoms. The van der Waals surface area contributed by atoms with Crippen LogP contribution in [0.1, 0.15) is 13.3 Å². The van der Waals surface area contributed by atoms with Gasteiger partial charge in [-0.1, -0.05) is 6.92 Å². The van der Waals surface area contributed by atoms with Crippen LogP contribution in [0.4, 0.5) is 0 Å². The first-order valence-electron chi connectivity index (χ1n) is 3.54. The van der Waals surface area contributed by atoms with Crippen molar-refractivity contribution in [1.29, 1.82) is 0 Å². The molecule has 0 spiro atoms. The number of amides is 1. The van der Waals surface area contributed by atoms with E-state index in [2.05, 4.69) is 9.98 Å². The minimum Gasteiger partial charge on any atom is -0.477 e. The zero-order valence-electron chi connectivity index (χ0n) is 6.52. The van der Waals surface area contributed by atoms with Crippen LogP contribution in [0.15, 0.2) is 9.98 Å². The van der Waals surface area contributed by atoms with E-state index in [4.69, 9.17) is 5.11 Å². The summed E-state index contributed by atoms with van der Waals surface area (Å²) in [4.78, 5) is 28.5. The third kappa shape index (κ3) is 1.39. The van der Waals surface area contributed by atoms with Crippen molar-refractivity contribution in [2.75, 3.05) is 0 Å². The van der Waals surface area contributed by atoms with E-state index in [1.165, 1.54) is 0 Å². The summed E-state index contributed by atoms with van der Waals surface area (Å²) in [6, 6.07) is 0. The van der Waals surface area contributed by atoms with Gasteiger partial charge in [-0.2, -0.15) is 0 Å². The molecule has 0 aliphatic carbocycles. The topological polar surface area (TPSA) is 79.1 Å². The second-order valence-electron chi connectivity index (χ2n) is 2.36. The van der Waals surface area contributed by atoms with Crippen LogP contribution in [0.3, 0.4) is 0 Å². The molecule has 1 N–H and O–H groups in total. The predicted molar refractivity (Wildman–Crippen MR) is 42.4 cm³/mol. The van der Waals surface area contributed by atoms with Gasteiger partial charge in [0.1, 0.15) is 12.1 Å². The van der Waals surface area contributed by atoms with E-state index in [-0.39, 0.29) is 5.71 Å².